The highest BCUT2D eigenvalue weighted by atomic mass is 19.4. The van der Waals surface area contributed by atoms with Crippen LogP contribution in [0.25, 0.3) is 6.08 Å². The third-order valence-corrected chi connectivity index (χ3v) is 2.51. The van der Waals surface area contributed by atoms with Crippen LogP contribution >= 0.6 is 0 Å². The van der Waals surface area contributed by atoms with Crippen LogP contribution in [0.1, 0.15) is 17.5 Å². The molecule has 7 heteroatoms. The predicted octanol–water partition coefficient (Wildman–Crippen LogP) is 3.26. The largest absolute Gasteiger partial charge is 0.496 e. The molecule has 1 aromatic carbocycles. The lowest BCUT2D eigenvalue weighted by Gasteiger charge is -2.11. The van der Waals surface area contributed by atoms with Gasteiger partial charge in [0.15, 0.2) is 0 Å². The highest BCUT2D eigenvalue weighted by Crippen LogP contribution is 2.23. The van der Waals surface area contributed by atoms with E-state index in [1.54, 1.807) is 18.2 Å². The van der Waals surface area contributed by atoms with Gasteiger partial charge in [-0.3, -0.25) is 0 Å². The molecule has 1 N–H and O–H groups in total. The first-order valence-electron chi connectivity index (χ1n) is 6.04. The van der Waals surface area contributed by atoms with Gasteiger partial charge >= 0.3 is 12.1 Å². The molecule has 0 heterocycles. The third kappa shape index (κ3) is 6.80. The summed E-state index contributed by atoms with van der Waals surface area (Å²) in [6.07, 6.45) is -2.93. The Kier molecular flexibility index (Phi) is 6.23. The van der Waals surface area contributed by atoms with Gasteiger partial charge in [0.25, 0.3) is 0 Å². The molecule has 0 aliphatic heterocycles. The average molecular weight is 304 g/mol. The third-order valence-electron chi connectivity index (χ3n) is 2.51. The lowest BCUT2D eigenvalue weighted by molar-refractivity contribution is -0.146. The first kappa shape index (κ1) is 17.0. The number of halogens is 3. The van der Waals surface area contributed by atoms with Crippen LogP contribution in [0.3, 0.4) is 0 Å². The average Bonchev–Trinajstić information content (AvgIpc) is 2.40. The summed E-state index contributed by atoms with van der Waals surface area (Å²) < 4.78 is 46.1. The maximum Gasteiger partial charge on any atom is 0.391 e. The fourth-order valence-electron chi connectivity index (χ4n) is 1.55. The Hall–Kier alpha value is -2.02. The van der Waals surface area contributed by atoms with E-state index in [0.717, 1.165) is 6.08 Å². The minimum atomic E-state index is -4.25. The molecule has 0 saturated carbocycles. The first-order valence-corrected chi connectivity index (χ1v) is 6.04. The molecule has 21 heavy (non-hydrogen) atoms. The van der Waals surface area contributed by atoms with Crippen molar-refractivity contribution < 1.29 is 32.5 Å². The van der Waals surface area contributed by atoms with Gasteiger partial charge in [-0.1, -0.05) is 6.07 Å². The molecule has 1 aromatic rings. The zero-order valence-corrected chi connectivity index (χ0v) is 11.3. The van der Waals surface area contributed by atoms with Crippen LogP contribution in [0.15, 0.2) is 24.3 Å². The molecule has 0 aliphatic rings. The highest BCUT2D eigenvalue weighted by molar-refractivity contribution is 5.85. The fraction of sp³-hybridized carbons (Fsp3) is 0.357. The monoisotopic (exact) mass is 304 g/mol. The number of ether oxygens (including phenoxy) is 2. The Labute approximate surface area is 119 Å². The van der Waals surface area contributed by atoms with Crippen molar-refractivity contribution in [1.29, 1.82) is 0 Å². The van der Waals surface area contributed by atoms with Gasteiger partial charge in [-0.15, -0.1) is 0 Å². The van der Waals surface area contributed by atoms with Crippen LogP contribution in [-0.4, -0.2) is 31.0 Å². The first-order chi connectivity index (χ1) is 9.81. The number of carboxylic acid groups (broad SMARTS) is 1. The summed E-state index contributed by atoms with van der Waals surface area (Å²) in [6, 6.07) is 4.84. The van der Waals surface area contributed by atoms with Crippen LogP contribution < -0.4 is 4.74 Å². The molecule has 0 spiro atoms. The second kappa shape index (κ2) is 7.68. The summed E-state index contributed by atoms with van der Waals surface area (Å²) in [5.41, 5.74) is 1.14. The summed E-state index contributed by atoms with van der Waals surface area (Å²) in [7, 11) is 1.43. The number of carboxylic acids is 1. The molecule has 0 unspecified atom stereocenters. The molecule has 0 radical (unpaired) electrons. The number of methoxy groups -OCH3 is 1. The summed E-state index contributed by atoms with van der Waals surface area (Å²) in [5, 5.41) is 8.55. The quantitative estimate of drug-likeness (QED) is 0.620. The maximum atomic E-state index is 12.0. The summed E-state index contributed by atoms with van der Waals surface area (Å²) in [4.78, 5) is 10.4. The Morgan fingerprint density at radius 3 is 2.67 bits per heavy atom. The highest BCUT2D eigenvalue weighted by Gasteiger charge is 2.26. The normalized spacial score (nSPS) is 11.8. The van der Waals surface area contributed by atoms with E-state index in [2.05, 4.69) is 0 Å². The Balaban J connectivity index is 2.70. The van der Waals surface area contributed by atoms with Gasteiger partial charge in [-0.25, -0.2) is 4.79 Å². The molecule has 1 rings (SSSR count). The van der Waals surface area contributed by atoms with E-state index in [1.807, 2.05) is 0 Å². The lowest BCUT2D eigenvalue weighted by Crippen LogP contribution is -2.11. The summed E-state index contributed by atoms with van der Waals surface area (Å²) in [6.45, 7) is -0.490. The van der Waals surface area contributed by atoms with Gasteiger partial charge in [-0.05, 0) is 23.8 Å². The minimum Gasteiger partial charge on any atom is -0.496 e. The van der Waals surface area contributed by atoms with E-state index in [0.29, 0.717) is 16.9 Å². The van der Waals surface area contributed by atoms with E-state index in [1.165, 1.54) is 13.2 Å². The van der Waals surface area contributed by atoms with Crippen LogP contribution in [0, 0.1) is 0 Å². The molecule has 0 saturated heterocycles. The van der Waals surface area contributed by atoms with E-state index in [-0.39, 0.29) is 6.61 Å². The second-order valence-corrected chi connectivity index (χ2v) is 4.16. The summed E-state index contributed by atoms with van der Waals surface area (Å²) >= 11 is 0. The van der Waals surface area contributed by atoms with Crippen LogP contribution in [-0.2, 0) is 16.1 Å². The van der Waals surface area contributed by atoms with Gasteiger partial charge in [0, 0.05) is 11.6 Å². The smallest absolute Gasteiger partial charge is 0.391 e. The standard InChI is InChI=1S/C14H15F3O4/c1-20-12-4-2-10(3-5-13(18)19)8-11(12)9-21-7-6-14(15,16)17/h2-5,8H,6-7,9H2,1H3,(H,18,19)/b5-3+. The van der Waals surface area contributed by atoms with Gasteiger partial charge < -0.3 is 14.6 Å². The SMILES string of the molecule is COc1ccc(/C=C/C(=O)O)cc1COCCC(F)(F)F. The number of hydrogen-bond acceptors (Lipinski definition) is 3. The van der Waals surface area contributed by atoms with E-state index in [9.17, 15) is 18.0 Å². The van der Waals surface area contributed by atoms with E-state index >= 15 is 0 Å². The summed E-state index contributed by atoms with van der Waals surface area (Å²) in [5.74, 6) is -0.622. The van der Waals surface area contributed by atoms with Crippen molar-refractivity contribution in [2.45, 2.75) is 19.2 Å². The maximum absolute atomic E-state index is 12.0. The lowest BCUT2D eigenvalue weighted by atomic mass is 10.1. The zero-order valence-electron chi connectivity index (χ0n) is 11.3. The van der Waals surface area contributed by atoms with Gasteiger partial charge in [0.2, 0.25) is 0 Å². The van der Waals surface area contributed by atoms with Gasteiger partial charge in [0.1, 0.15) is 5.75 Å². The molecule has 0 atom stereocenters. The van der Waals surface area contributed by atoms with Crippen molar-refractivity contribution in [1.82, 2.24) is 0 Å². The number of alkyl halides is 3. The van der Waals surface area contributed by atoms with E-state index in [4.69, 9.17) is 14.6 Å². The molecule has 0 aromatic heterocycles. The van der Waals surface area contributed by atoms with Crippen LogP contribution in [0.4, 0.5) is 13.2 Å². The van der Waals surface area contributed by atoms with Crippen molar-refractivity contribution >= 4 is 12.0 Å². The fourth-order valence-corrected chi connectivity index (χ4v) is 1.55. The Bertz CT molecular complexity index is 509. The van der Waals surface area contributed by atoms with Gasteiger partial charge in [0.05, 0.1) is 26.7 Å². The molecule has 4 nitrogen and oxygen atoms in total. The topological polar surface area (TPSA) is 55.8 Å². The van der Waals surface area contributed by atoms with Crippen molar-refractivity contribution in [3.05, 3.63) is 35.4 Å². The number of rotatable bonds is 7. The minimum absolute atomic E-state index is 0.0476. The number of benzene rings is 1. The van der Waals surface area contributed by atoms with Crippen LogP contribution in [0.2, 0.25) is 0 Å². The Morgan fingerprint density at radius 1 is 1.38 bits per heavy atom. The molecule has 0 aliphatic carbocycles. The number of carbonyl (C=O) groups is 1. The number of hydrogen-bond donors (Lipinski definition) is 1. The second-order valence-electron chi connectivity index (χ2n) is 4.16. The molecule has 116 valence electrons. The van der Waals surface area contributed by atoms with Gasteiger partial charge in [-0.2, -0.15) is 13.2 Å². The zero-order chi connectivity index (χ0) is 15.9. The van der Waals surface area contributed by atoms with E-state index < -0.39 is 25.2 Å². The van der Waals surface area contributed by atoms with Crippen molar-refractivity contribution in [3.8, 4) is 5.75 Å². The predicted molar refractivity (Wildman–Crippen MR) is 70.0 cm³/mol. The molecule has 0 fully saturated rings. The molecular formula is C14H15F3O4. The number of aliphatic carboxylic acids is 1. The van der Waals surface area contributed by atoms with Crippen molar-refractivity contribution in [2.75, 3.05) is 13.7 Å². The van der Waals surface area contributed by atoms with Crippen LogP contribution in [0.5, 0.6) is 5.75 Å². The molecule has 0 amide bonds. The molecule has 0 bridgehead atoms. The Morgan fingerprint density at radius 2 is 2.10 bits per heavy atom. The molecular weight excluding hydrogens is 289 g/mol. The van der Waals surface area contributed by atoms with Crippen molar-refractivity contribution in [2.24, 2.45) is 0 Å². The van der Waals surface area contributed by atoms with Crippen molar-refractivity contribution in [3.63, 3.8) is 0 Å².